The van der Waals surface area contributed by atoms with Crippen LogP contribution in [0.1, 0.15) is 42.9 Å². The number of fused-ring (bicyclic) bond motifs is 1. The molecule has 2 N–H and O–H groups in total. The van der Waals surface area contributed by atoms with Gasteiger partial charge in [-0.2, -0.15) is 0 Å². The van der Waals surface area contributed by atoms with Gasteiger partial charge in [0.25, 0.3) is 0 Å². The molecule has 3 nitrogen and oxygen atoms in total. The van der Waals surface area contributed by atoms with E-state index >= 15 is 0 Å². The Kier molecular flexibility index (Phi) is 3.52. The SMILES string of the molecule is Cc1ccc2c(c1)nc(C(N)c1ccccc1)n2C(C)C. The summed E-state index contributed by atoms with van der Waals surface area (Å²) in [6.07, 6.45) is 0. The third kappa shape index (κ3) is 2.45. The van der Waals surface area contributed by atoms with E-state index in [4.69, 9.17) is 10.7 Å². The quantitative estimate of drug-likeness (QED) is 0.788. The summed E-state index contributed by atoms with van der Waals surface area (Å²) in [7, 11) is 0. The normalized spacial score (nSPS) is 13.0. The Morgan fingerprint density at radius 1 is 1.05 bits per heavy atom. The highest BCUT2D eigenvalue weighted by Gasteiger charge is 2.20. The van der Waals surface area contributed by atoms with E-state index in [-0.39, 0.29) is 6.04 Å². The van der Waals surface area contributed by atoms with Crippen molar-refractivity contribution in [2.24, 2.45) is 5.73 Å². The summed E-state index contributed by atoms with van der Waals surface area (Å²) in [6.45, 7) is 6.43. The van der Waals surface area contributed by atoms with E-state index in [0.29, 0.717) is 6.04 Å². The molecule has 0 aliphatic heterocycles. The molecule has 0 aliphatic rings. The number of aryl methyl sites for hydroxylation is 1. The highest BCUT2D eigenvalue weighted by Crippen LogP contribution is 2.27. The maximum absolute atomic E-state index is 6.47. The van der Waals surface area contributed by atoms with Crippen molar-refractivity contribution in [2.75, 3.05) is 0 Å². The third-order valence-electron chi connectivity index (χ3n) is 3.83. The Balaban J connectivity index is 2.19. The van der Waals surface area contributed by atoms with Crippen LogP contribution >= 0.6 is 0 Å². The number of imidazole rings is 1. The van der Waals surface area contributed by atoms with Crippen molar-refractivity contribution in [3.8, 4) is 0 Å². The fourth-order valence-corrected chi connectivity index (χ4v) is 2.80. The van der Waals surface area contributed by atoms with Gasteiger partial charge in [0.2, 0.25) is 0 Å². The molecular weight excluding hydrogens is 258 g/mol. The van der Waals surface area contributed by atoms with Gasteiger partial charge in [-0.3, -0.25) is 0 Å². The number of nitrogens with zero attached hydrogens (tertiary/aromatic N) is 2. The van der Waals surface area contributed by atoms with Crippen molar-refractivity contribution in [3.05, 3.63) is 65.5 Å². The first-order valence-electron chi connectivity index (χ1n) is 7.37. The van der Waals surface area contributed by atoms with Crippen molar-refractivity contribution >= 4 is 11.0 Å². The highest BCUT2D eigenvalue weighted by molar-refractivity contribution is 5.77. The van der Waals surface area contributed by atoms with Crippen molar-refractivity contribution in [3.63, 3.8) is 0 Å². The lowest BCUT2D eigenvalue weighted by Gasteiger charge is -2.18. The van der Waals surface area contributed by atoms with Gasteiger partial charge in [0, 0.05) is 6.04 Å². The predicted octanol–water partition coefficient (Wildman–Crippen LogP) is 3.97. The zero-order chi connectivity index (χ0) is 15.0. The van der Waals surface area contributed by atoms with Crippen LogP contribution in [0, 0.1) is 6.92 Å². The second-order valence-electron chi connectivity index (χ2n) is 5.81. The van der Waals surface area contributed by atoms with Crippen molar-refractivity contribution in [1.29, 1.82) is 0 Å². The third-order valence-corrected chi connectivity index (χ3v) is 3.83. The van der Waals surface area contributed by atoms with Crippen LogP contribution in [0.15, 0.2) is 48.5 Å². The molecule has 3 heteroatoms. The number of rotatable bonds is 3. The van der Waals surface area contributed by atoms with E-state index in [0.717, 1.165) is 22.4 Å². The lowest BCUT2D eigenvalue weighted by atomic mass is 10.1. The maximum Gasteiger partial charge on any atom is 0.131 e. The Morgan fingerprint density at radius 3 is 2.43 bits per heavy atom. The molecule has 1 aromatic heterocycles. The zero-order valence-electron chi connectivity index (χ0n) is 12.7. The molecule has 0 aliphatic carbocycles. The van der Waals surface area contributed by atoms with Crippen LogP contribution in [-0.4, -0.2) is 9.55 Å². The summed E-state index contributed by atoms with van der Waals surface area (Å²) in [5.74, 6) is 0.928. The summed E-state index contributed by atoms with van der Waals surface area (Å²) in [4.78, 5) is 4.81. The average molecular weight is 279 g/mol. The monoisotopic (exact) mass is 279 g/mol. The van der Waals surface area contributed by atoms with Gasteiger partial charge in [-0.1, -0.05) is 36.4 Å². The molecule has 0 radical (unpaired) electrons. The summed E-state index contributed by atoms with van der Waals surface area (Å²) >= 11 is 0. The molecule has 0 saturated heterocycles. The predicted molar refractivity (Wildman–Crippen MR) is 87.3 cm³/mol. The first-order valence-corrected chi connectivity index (χ1v) is 7.37. The molecule has 3 aromatic rings. The highest BCUT2D eigenvalue weighted by atomic mass is 15.1. The summed E-state index contributed by atoms with van der Waals surface area (Å²) in [5.41, 5.74) is 10.9. The number of nitrogens with two attached hydrogens (primary N) is 1. The summed E-state index contributed by atoms with van der Waals surface area (Å²) in [5, 5.41) is 0. The molecule has 0 fully saturated rings. The number of benzene rings is 2. The van der Waals surface area contributed by atoms with Crippen LogP contribution in [0.4, 0.5) is 0 Å². The molecule has 1 heterocycles. The van der Waals surface area contributed by atoms with Crippen molar-refractivity contribution < 1.29 is 0 Å². The van der Waals surface area contributed by atoms with Crippen LogP contribution in [-0.2, 0) is 0 Å². The molecule has 0 saturated carbocycles. The van der Waals surface area contributed by atoms with Crippen LogP contribution in [0.25, 0.3) is 11.0 Å². The largest absolute Gasteiger partial charge is 0.324 e. The average Bonchev–Trinajstić information content (AvgIpc) is 2.85. The van der Waals surface area contributed by atoms with Crippen LogP contribution < -0.4 is 5.73 Å². The molecule has 0 bridgehead atoms. The second kappa shape index (κ2) is 5.34. The second-order valence-corrected chi connectivity index (χ2v) is 5.81. The molecule has 0 spiro atoms. The fraction of sp³-hybridized carbons (Fsp3) is 0.278. The van der Waals surface area contributed by atoms with Gasteiger partial charge in [-0.15, -0.1) is 0 Å². The number of aromatic nitrogens is 2. The minimum Gasteiger partial charge on any atom is -0.324 e. The van der Waals surface area contributed by atoms with Gasteiger partial charge in [0.05, 0.1) is 17.1 Å². The van der Waals surface area contributed by atoms with Crippen LogP contribution in [0.3, 0.4) is 0 Å². The smallest absolute Gasteiger partial charge is 0.131 e. The van der Waals surface area contributed by atoms with Crippen LogP contribution in [0.2, 0.25) is 0 Å². The van der Waals surface area contributed by atoms with Gasteiger partial charge >= 0.3 is 0 Å². The minimum atomic E-state index is -0.207. The zero-order valence-corrected chi connectivity index (χ0v) is 12.7. The molecule has 2 aromatic carbocycles. The lowest BCUT2D eigenvalue weighted by Crippen LogP contribution is -2.19. The van der Waals surface area contributed by atoms with Crippen molar-refractivity contribution in [2.45, 2.75) is 32.9 Å². The van der Waals surface area contributed by atoms with Gasteiger partial charge in [0.1, 0.15) is 5.82 Å². The summed E-state index contributed by atoms with van der Waals surface area (Å²) in [6, 6.07) is 16.6. The first kappa shape index (κ1) is 13.8. The van der Waals surface area contributed by atoms with E-state index in [1.165, 1.54) is 5.56 Å². The maximum atomic E-state index is 6.47. The standard InChI is InChI=1S/C18H21N3/c1-12(2)21-16-10-9-13(3)11-15(16)20-18(21)17(19)14-7-5-4-6-8-14/h4-12,17H,19H2,1-3H3. The Bertz CT molecular complexity index is 757. The van der Waals surface area contributed by atoms with Gasteiger partial charge in [-0.05, 0) is 44.0 Å². The van der Waals surface area contributed by atoms with Gasteiger partial charge < -0.3 is 10.3 Å². The molecule has 21 heavy (non-hydrogen) atoms. The van der Waals surface area contributed by atoms with Gasteiger partial charge in [-0.25, -0.2) is 4.98 Å². The van der Waals surface area contributed by atoms with E-state index in [1.54, 1.807) is 0 Å². The number of hydrogen-bond donors (Lipinski definition) is 1. The topological polar surface area (TPSA) is 43.8 Å². The fourth-order valence-electron chi connectivity index (χ4n) is 2.80. The van der Waals surface area contributed by atoms with E-state index < -0.39 is 0 Å². The Morgan fingerprint density at radius 2 is 1.76 bits per heavy atom. The van der Waals surface area contributed by atoms with E-state index in [9.17, 15) is 0 Å². The first-order chi connectivity index (χ1) is 10.1. The molecule has 108 valence electrons. The summed E-state index contributed by atoms with van der Waals surface area (Å²) < 4.78 is 2.24. The molecule has 0 amide bonds. The Labute approximate surface area is 125 Å². The van der Waals surface area contributed by atoms with E-state index in [1.807, 2.05) is 18.2 Å². The Hall–Kier alpha value is -2.13. The van der Waals surface area contributed by atoms with Crippen LogP contribution in [0.5, 0.6) is 0 Å². The van der Waals surface area contributed by atoms with Crippen molar-refractivity contribution in [1.82, 2.24) is 9.55 Å². The minimum absolute atomic E-state index is 0.207. The lowest BCUT2D eigenvalue weighted by molar-refractivity contribution is 0.567. The van der Waals surface area contributed by atoms with Gasteiger partial charge in [0.15, 0.2) is 0 Å². The molecule has 3 rings (SSSR count). The van der Waals surface area contributed by atoms with E-state index in [2.05, 4.69) is 55.7 Å². The molecular formula is C18H21N3. The number of hydrogen-bond acceptors (Lipinski definition) is 2. The molecule has 1 unspecified atom stereocenters. The molecule has 1 atom stereocenters.